The van der Waals surface area contributed by atoms with E-state index in [0.29, 0.717) is 23.9 Å². The van der Waals surface area contributed by atoms with Crippen molar-refractivity contribution in [2.75, 3.05) is 29.9 Å². The third kappa shape index (κ3) is 3.48. The molecule has 1 aromatic carbocycles. The molecule has 6 nitrogen and oxygen atoms in total. The Morgan fingerprint density at radius 2 is 2.09 bits per heavy atom. The van der Waals surface area contributed by atoms with Crippen molar-refractivity contribution in [1.82, 2.24) is 9.88 Å². The minimum Gasteiger partial charge on any atom is -0.313 e. The molecule has 1 aromatic heterocycles. The van der Waals surface area contributed by atoms with Crippen LogP contribution in [0.3, 0.4) is 0 Å². The van der Waals surface area contributed by atoms with Crippen LogP contribution in [0.2, 0.25) is 0 Å². The largest absolute Gasteiger partial charge is 0.325 e. The van der Waals surface area contributed by atoms with Crippen LogP contribution in [0.5, 0.6) is 0 Å². The van der Waals surface area contributed by atoms with E-state index in [1.807, 2.05) is 6.92 Å². The first-order valence-corrected chi connectivity index (χ1v) is 7.89. The number of thiazole rings is 1. The Morgan fingerprint density at radius 1 is 1.35 bits per heavy atom. The molecule has 0 aliphatic carbocycles. The van der Waals surface area contributed by atoms with E-state index in [0.717, 1.165) is 4.88 Å². The number of nitrogens with zero attached hydrogens (tertiary/aromatic N) is 3. The lowest BCUT2D eigenvalue weighted by atomic mass is 10.3. The lowest BCUT2D eigenvalue weighted by molar-refractivity contribution is -0.116. The molecule has 3 amide bonds. The third-order valence-electron chi connectivity index (χ3n) is 3.44. The summed E-state index contributed by atoms with van der Waals surface area (Å²) >= 11 is 1.38. The SMILES string of the molecule is Cc1cnc(NC(=O)CN2CCN(c3ccc(F)cc3)C2=O)s1. The van der Waals surface area contributed by atoms with Gasteiger partial charge in [0.1, 0.15) is 12.4 Å². The molecule has 0 unspecified atom stereocenters. The summed E-state index contributed by atoms with van der Waals surface area (Å²) < 4.78 is 13.0. The minimum atomic E-state index is -0.352. The van der Waals surface area contributed by atoms with Crippen LogP contribution in [0.4, 0.5) is 20.0 Å². The maximum absolute atomic E-state index is 13.0. The Balaban J connectivity index is 1.60. The van der Waals surface area contributed by atoms with Gasteiger partial charge in [-0.3, -0.25) is 9.69 Å². The molecule has 8 heteroatoms. The number of nitrogens with one attached hydrogen (secondary N) is 1. The van der Waals surface area contributed by atoms with Crippen LogP contribution in [0.1, 0.15) is 4.88 Å². The number of carbonyl (C=O) groups excluding carboxylic acids is 2. The highest BCUT2D eigenvalue weighted by Crippen LogP contribution is 2.21. The highest BCUT2D eigenvalue weighted by Gasteiger charge is 2.30. The number of urea groups is 1. The summed E-state index contributed by atoms with van der Waals surface area (Å²) in [5, 5.41) is 3.20. The topological polar surface area (TPSA) is 65.5 Å². The highest BCUT2D eigenvalue weighted by molar-refractivity contribution is 7.15. The molecule has 0 bridgehead atoms. The van der Waals surface area contributed by atoms with E-state index >= 15 is 0 Å². The van der Waals surface area contributed by atoms with Crippen molar-refractivity contribution in [2.24, 2.45) is 0 Å². The molecule has 23 heavy (non-hydrogen) atoms. The van der Waals surface area contributed by atoms with Crippen molar-refractivity contribution in [1.29, 1.82) is 0 Å². The summed E-state index contributed by atoms with van der Waals surface area (Å²) in [6, 6.07) is 5.46. The molecule has 3 rings (SSSR count). The van der Waals surface area contributed by atoms with E-state index in [2.05, 4.69) is 10.3 Å². The molecule has 0 saturated carbocycles. The van der Waals surface area contributed by atoms with Crippen molar-refractivity contribution >= 4 is 34.1 Å². The van der Waals surface area contributed by atoms with Crippen molar-refractivity contribution in [2.45, 2.75) is 6.92 Å². The van der Waals surface area contributed by atoms with Gasteiger partial charge in [0.2, 0.25) is 5.91 Å². The Hall–Kier alpha value is -2.48. The Kier molecular flexibility index (Phi) is 4.24. The predicted molar refractivity (Wildman–Crippen MR) is 86.2 cm³/mol. The number of halogens is 1. The average Bonchev–Trinajstić information content (AvgIpc) is 3.07. The molecule has 1 N–H and O–H groups in total. The van der Waals surface area contributed by atoms with Gasteiger partial charge >= 0.3 is 6.03 Å². The Labute approximate surface area is 136 Å². The summed E-state index contributed by atoms with van der Waals surface area (Å²) in [4.78, 5) is 32.4. The summed E-state index contributed by atoms with van der Waals surface area (Å²) in [6.45, 7) is 2.78. The number of benzene rings is 1. The van der Waals surface area contributed by atoms with Crippen LogP contribution >= 0.6 is 11.3 Å². The van der Waals surface area contributed by atoms with Gasteiger partial charge in [0.15, 0.2) is 5.13 Å². The molecule has 1 aliphatic heterocycles. The van der Waals surface area contributed by atoms with Crippen LogP contribution in [0.15, 0.2) is 30.5 Å². The fourth-order valence-corrected chi connectivity index (χ4v) is 3.02. The first-order chi connectivity index (χ1) is 11.0. The van der Waals surface area contributed by atoms with Gasteiger partial charge in [-0.25, -0.2) is 14.2 Å². The quantitative estimate of drug-likeness (QED) is 0.934. The molecule has 1 fully saturated rings. The Bertz CT molecular complexity index is 731. The van der Waals surface area contributed by atoms with Crippen LogP contribution in [-0.4, -0.2) is 41.5 Å². The minimum absolute atomic E-state index is 0.0326. The zero-order valence-electron chi connectivity index (χ0n) is 12.5. The molecule has 120 valence electrons. The van der Waals surface area contributed by atoms with E-state index in [1.54, 1.807) is 18.3 Å². The third-order valence-corrected chi connectivity index (χ3v) is 4.26. The van der Waals surface area contributed by atoms with Gasteiger partial charge in [-0.05, 0) is 31.2 Å². The Morgan fingerprint density at radius 3 is 2.74 bits per heavy atom. The second kappa shape index (κ2) is 6.33. The van der Waals surface area contributed by atoms with Crippen molar-refractivity contribution in [3.05, 3.63) is 41.2 Å². The molecule has 0 atom stereocenters. The predicted octanol–water partition coefficient (Wildman–Crippen LogP) is 2.47. The van der Waals surface area contributed by atoms with Crippen molar-refractivity contribution in [3.63, 3.8) is 0 Å². The average molecular weight is 334 g/mol. The number of aromatic nitrogens is 1. The van der Waals surface area contributed by atoms with Gasteiger partial charge in [0, 0.05) is 29.9 Å². The molecule has 2 heterocycles. The van der Waals surface area contributed by atoms with Gasteiger partial charge < -0.3 is 10.2 Å². The zero-order valence-corrected chi connectivity index (χ0v) is 13.3. The number of hydrogen-bond donors (Lipinski definition) is 1. The maximum atomic E-state index is 13.0. The summed E-state index contributed by atoms with van der Waals surface area (Å²) in [5.41, 5.74) is 0.620. The number of hydrogen-bond acceptors (Lipinski definition) is 4. The number of aryl methyl sites for hydroxylation is 1. The molecular weight excluding hydrogens is 319 g/mol. The van der Waals surface area contributed by atoms with Gasteiger partial charge in [0.25, 0.3) is 0 Å². The van der Waals surface area contributed by atoms with Crippen LogP contribution in [0.25, 0.3) is 0 Å². The zero-order chi connectivity index (χ0) is 16.4. The summed E-state index contributed by atoms with van der Waals surface area (Å²) in [6.07, 6.45) is 1.68. The molecule has 2 aromatic rings. The normalized spacial score (nSPS) is 14.4. The van der Waals surface area contributed by atoms with Crippen LogP contribution < -0.4 is 10.2 Å². The monoisotopic (exact) mass is 334 g/mol. The van der Waals surface area contributed by atoms with E-state index in [9.17, 15) is 14.0 Å². The van der Waals surface area contributed by atoms with Crippen molar-refractivity contribution < 1.29 is 14.0 Å². The molecule has 1 aliphatic rings. The maximum Gasteiger partial charge on any atom is 0.325 e. The fourth-order valence-electron chi connectivity index (χ4n) is 2.33. The van der Waals surface area contributed by atoms with Gasteiger partial charge in [-0.15, -0.1) is 11.3 Å². The first-order valence-electron chi connectivity index (χ1n) is 7.07. The number of rotatable bonds is 4. The second-order valence-electron chi connectivity index (χ2n) is 5.16. The lowest BCUT2D eigenvalue weighted by Gasteiger charge is -2.18. The molecule has 0 radical (unpaired) electrons. The fraction of sp³-hybridized carbons (Fsp3) is 0.267. The van der Waals surface area contributed by atoms with E-state index in [4.69, 9.17) is 0 Å². The van der Waals surface area contributed by atoms with Gasteiger partial charge in [-0.1, -0.05) is 0 Å². The smallest absolute Gasteiger partial charge is 0.313 e. The summed E-state index contributed by atoms with van der Waals surface area (Å²) in [5.74, 6) is -0.635. The standard InChI is InChI=1S/C15H15FN4O2S/c1-10-8-17-14(23-10)18-13(21)9-19-6-7-20(15(19)22)12-4-2-11(16)3-5-12/h2-5,8H,6-7,9H2,1H3,(H,17,18,21). The van der Waals surface area contributed by atoms with E-state index in [1.165, 1.54) is 33.3 Å². The molecule has 1 saturated heterocycles. The first kappa shape index (κ1) is 15.4. The molecule has 0 spiro atoms. The van der Waals surface area contributed by atoms with Crippen LogP contribution in [0, 0.1) is 12.7 Å². The van der Waals surface area contributed by atoms with Crippen LogP contribution in [-0.2, 0) is 4.79 Å². The highest BCUT2D eigenvalue weighted by atomic mass is 32.1. The summed E-state index contributed by atoms with van der Waals surface area (Å²) in [7, 11) is 0. The van der Waals surface area contributed by atoms with Crippen molar-refractivity contribution in [3.8, 4) is 0 Å². The number of amides is 3. The van der Waals surface area contributed by atoms with Gasteiger partial charge in [-0.2, -0.15) is 0 Å². The lowest BCUT2D eigenvalue weighted by Crippen LogP contribution is -2.37. The second-order valence-corrected chi connectivity index (χ2v) is 6.39. The van der Waals surface area contributed by atoms with Gasteiger partial charge in [0.05, 0.1) is 0 Å². The molecular formula is C15H15FN4O2S. The number of carbonyl (C=O) groups is 2. The van der Waals surface area contributed by atoms with E-state index < -0.39 is 0 Å². The van der Waals surface area contributed by atoms with E-state index in [-0.39, 0.29) is 24.3 Å². The number of anilines is 2.